The van der Waals surface area contributed by atoms with E-state index in [0.29, 0.717) is 37.7 Å². The zero-order chi connectivity index (χ0) is 22.2. The van der Waals surface area contributed by atoms with Gasteiger partial charge in [0.15, 0.2) is 17.3 Å². The lowest BCUT2D eigenvalue weighted by Crippen LogP contribution is -2.56. The number of carbonyl (C=O) groups excluding carboxylic acids is 2. The lowest BCUT2D eigenvalue weighted by molar-refractivity contribution is -0.143. The summed E-state index contributed by atoms with van der Waals surface area (Å²) >= 11 is 0. The molecule has 166 valence electrons. The van der Waals surface area contributed by atoms with Crippen molar-refractivity contribution < 1.29 is 19.1 Å². The van der Waals surface area contributed by atoms with Gasteiger partial charge >= 0.3 is 0 Å². The molecule has 0 bridgehead atoms. The van der Waals surface area contributed by atoms with Crippen LogP contribution in [0.15, 0.2) is 48.5 Å². The lowest BCUT2D eigenvalue weighted by atomic mass is 10.0. The van der Waals surface area contributed by atoms with Gasteiger partial charge in [-0.2, -0.15) is 0 Å². The smallest absolute Gasteiger partial charge is 0.267 e. The minimum atomic E-state index is -0.635. The number of benzene rings is 2. The number of H-pyrrole nitrogens is 1. The molecule has 1 amide bonds. The van der Waals surface area contributed by atoms with Crippen LogP contribution in [0.1, 0.15) is 23.0 Å². The largest absolute Gasteiger partial charge is 0.485 e. The van der Waals surface area contributed by atoms with Gasteiger partial charge in [-0.05, 0) is 32.0 Å². The van der Waals surface area contributed by atoms with Crippen molar-refractivity contribution in [2.75, 3.05) is 32.8 Å². The van der Waals surface area contributed by atoms with E-state index in [-0.39, 0.29) is 24.3 Å². The Hall–Kier alpha value is -3.32. The first-order valence-corrected chi connectivity index (χ1v) is 11.1. The number of aryl methyl sites for hydroxylation is 1. The molecule has 7 nitrogen and oxygen atoms in total. The molecule has 0 spiro atoms. The molecule has 32 heavy (non-hydrogen) atoms. The summed E-state index contributed by atoms with van der Waals surface area (Å²) in [5.41, 5.74) is 2.64. The predicted molar refractivity (Wildman–Crippen MR) is 121 cm³/mol. The van der Waals surface area contributed by atoms with Gasteiger partial charge in [-0.15, -0.1) is 0 Å². The minimum absolute atomic E-state index is 0.0643. The van der Waals surface area contributed by atoms with Crippen LogP contribution in [0, 0.1) is 6.92 Å². The molecule has 3 heterocycles. The number of hydrogen-bond acceptors (Lipinski definition) is 5. The van der Waals surface area contributed by atoms with Gasteiger partial charge in [0.2, 0.25) is 6.10 Å². The maximum Gasteiger partial charge on any atom is 0.267 e. The third kappa shape index (κ3) is 3.62. The van der Waals surface area contributed by atoms with Crippen LogP contribution in [0.5, 0.6) is 11.5 Å². The van der Waals surface area contributed by atoms with E-state index >= 15 is 0 Å². The normalized spacial score (nSPS) is 19.7. The monoisotopic (exact) mass is 433 g/mol. The van der Waals surface area contributed by atoms with Crippen molar-refractivity contribution in [3.8, 4) is 11.5 Å². The Morgan fingerprint density at radius 2 is 1.69 bits per heavy atom. The van der Waals surface area contributed by atoms with Crippen molar-refractivity contribution in [3.63, 3.8) is 0 Å². The highest BCUT2D eigenvalue weighted by atomic mass is 16.6. The molecule has 7 heteroatoms. The topological polar surface area (TPSA) is 74.9 Å². The quantitative estimate of drug-likeness (QED) is 0.640. The molecule has 0 saturated carbocycles. The Balaban J connectivity index is 1.22. The average molecular weight is 434 g/mol. The highest BCUT2D eigenvalue weighted by Gasteiger charge is 2.35. The second-order valence-corrected chi connectivity index (χ2v) is 8.44. The molecular weight excluding hydrogens is 406 g/mol. The number of nitrogens with zero attached hydrogens (tertiary/aromatic N) is 2. The number of nitrogens with one attached hydrogen (secondary N) is 1. The fraction of sp³-hybridized carbons (Fsp3) is 0.360. The summed E-state index contributed by atoms with van der Waals surface area (Å²) in [7, 11) is 0. The number of aromatic nitrogens is 1. The minimum Gasteiger partial charge on any atom is -0.485 e. The van der Waals surface area contributed by atoms with Crippen molar-refractivity contribution in [2.45, 2.75) is 26.0 Å². The summed E-state index contributed by atoms with van der Waals surface area (Å²) in [6.07, 6.45) is -0.635. The number of hydrogen-bond donors (Lipinski definition) is 1. The van der Waals surface area contributed by atoms with Crippen LogP contribution in [0.4, 0.5) is 0 Å². The fourth-order valence-corrected chi connectivity index (χ4v) is 4.64. The number of rotatable bonds is 4. The number of Topliss-reactive ketones (excluding diaryl/α,β-unsaturated/α-hetero) is 1. The standard InChI is InChI=1S/C25H27N3O4/c1-16-23(18-7-3-4-8-19(18)26-16)24(29)17(2)27-11-13-28(14-12-27)25(30)22-15-31-20-9-5-6-10-21(20)32-22/h3-10,17,22,26H,11-15H2,1-2H3. The van der Waals surface area contributed by atoms with Crippen LogP contribution >= 0.6 is 0 Å². The first-order valence-electron chi connectivity index (χ1n) is 11.1. The van der Waals surface area contributed by atoms with Gasteiger partial charge in [0.1, 0.15) is 6.61 Å². The molecule has 2 aliphatic rings. The Morgan fingerprint density at radius 1 is 1.00 bits per heavy atom. The van der Waals surface area contributed by atoms with Gasteiger partial charge in [-0.3, -0.25) is 14.5 Å². The van der Waals surface area contributed by atoms with Gasteiger partial charge in [-0.1, -0.05) is 30.3 Å². The molecule has 5 rings (SSSR count). The Bertz CT molecular complexity index is 1160. The summed E-state index contributed by atoms with van der Waals surface area (Å²) in [4.78, 5) is 33.6. The third-order valence-electron chi connectivity index (χ3n) is 6.48. The molecule has 3 aromatic rings. The zero-order valence-electron chi connectivity index (χ0n) is 18.3. The molecule has 1 fully saturated rings. The first-order chi connectivity index (χ1) is 15.5. The van der Waals surface area contributed by atoms with E-state index in [0.717, 1.165) is 22.2 Å². The van der Waals surface area contributed by atoms with Crippen LogP contribution in [-0.2, 0) is 4.79 Å². The lowest BCUT2D eigenvalue weighted by Gasteiger charge is -2.39. The van der Waals surface area contributed by atoms with E-state index in [4.69, 9.17) is 9.47 Å². The zero-order valence-corrected chi connectivity index (χ0v) is 18.3. The highest BCUT2D eigenvalue weighted by molar-refractivity contribution is 6.11. The van der Waals surface area contributed by atoms with E-state index in [2.05, 4.69) is 9.88 Å². The number of ketones is 1. The second kappa shape index (κ2) is 8.31. The van der Waals surface area contributed by atoms with E-state index in [9.17, 15) is 9.59 Å². The molecule has 2 aliphatic heterocycles. The van der Waals surface area contributed by atoms with E-state index in [1.807, 2.05) is 67.3 Å². The van der Waals surface area contributed by atoms with E-state index < -0.39 is 6.10 Å². The van der Waals surface area contributed by atoms with Gasteiger partial charge in [0.05, 0.1) is 6.04 Å². The Kier molecular flexibility index (Phi) is 5.35. The van der Waals surface area contributed by atoms with Crippen LogP contribution in [0.25, 0.3) is 10.9 Å². The second-order valence-electron chi connectivity index (χ2n) is 8.44. The van der Waals surface area contributed by atoms with Crippen molar-refractivity contribution >= 4 is 22.6 Å². The predicted octanol–water partition coefficient (Wildman–Crippen LogP) is 3.03. The molecule has 0 radical (unpaired) electrons. The molecule has 2 unspecified atom stereocenters. The molecule has 1 N–H and O–H groups in total. The van der Waals surface area contributed by atoms with Gasteiger partial charge in [0, 0.05) is 48.3 Å². The molecule has 0 aliphatic carbocycles. The summed E-state index contributed by atoms with van der Waals surface area (Å²) in [5.74, 6) is 1.32. The molecular formula is C25H27N3O4. The first kappa shape index (κ1) is 20.6. The number of fused-ring (bicyclic) bond motifs is 2. The molecule has 2 atom stereocenters. The maximum atomic E-state index is 13.3. The Labute approximate surface area is 186 Å². The summed E-state index contributed by atoms with van der Waals surface area (Å²) < 4.78 is 11.6. The Morgan fingerprint density at radius 3 is 2.47 bits per heavy atom. The average Bonchev–Trinajstić information content (AvgIpc) is 3.18. The summed E-state index contributed by atoms with van der Waals surface area (Å²) in [5, 5.41) is 0.963. The van der Waals surface area contributed by atoms with Gasteiger partial charge < -0.3 is 19.4 Å². The molecule has 2 aromatic carbocycles. The van der Waals surface area contributed by atoms with Crippen molar-refractivity contribution in [1.82, 2.24) is 14.8 Å². The van der Waals surface area contributed by atoms with E-state index in [1.165, 1.54) is 0 Å². The third-order valence-corrected chi connectivity index (χ3v) is 6.48. The highest BCUT2D eigenvalue weighted by Crippen LogP contribution is 2.31. The van der Waals surface area contributed by atoms with Gasteiger partial charge in [-0.25, -0.2) is 0 Å². The summed E-state index contributed by atoms with van der Waals surface area (Å²) in [6, 6.07) is 15.0. The van der Waals surface area contributed by atoms with Crippen LogP contribution in [-0.4, -0.2) is 71.4 Å². The van der Waals surface area contributed by atoms with Crippen LogP contribution in [0.2, 0.25) is 0 Å². The molecule has 1 saturated heterocycles. The maximum absolute atomic E-state index is 13.3. The summed E-state index contributed by atoms with van der Waals surface area (Å²) in [6.45, 7) is 6.52. The number of ether oxygens (including phenoxy) is 2. The van der Waals surface area contributed by atoms with Crippen molar-refractivity contribution in [2.24, 2.45) is 0 Å². The molecule has 1 aromatic heterocycles. The number of amides is 1. The number of para-hydroxylation sites is 3. The number of aromatic amines is 1. The van der Waals surface area contributed by atoms with Crippen molar-refractivity contribution in [3.05, 3.63) is 59.8 Å². The van der Waals surface area contributed by atoms with E-state index in [1.54, 1.807) is 0 Å². The van der Waals surface area contributed by atoms with Crippen LogP contribution in [0.3, 0.4) is 0 Å². The fourth-order valence-electron chi connectivity index (χ4n) is 4.64. The number of piperazine rings is 1. The number of carbonyl (C=O) groups is 2. The SMILES string of the molecule is Cc1[nH]c2ccccc2c1C(=O)C(C)N1CCN(C(=O)C2COc3ccccc3O2)CC1. The van der Waals surface area contributed by atoms with Gasteiger partial charge in [0.25, 0.3) is 5.91 Å². The van der Waals surface area contributed by atoms with Crippen LogP contribution < -0.4 is 9.47 Å². The van der Waals surface area contributed by atoms with Crippen molar-refractivity contribution in [1.29, 1.82) is 0 Å².